The predicted octanol–water partition coefficient (Wildman–Crippen LogP) is 6.36. The van der Waals surface area contributed by atoms with Gasteiger partial charge < -0.3 is 19.4 Å². The van der Waals surface area contributed by atoms with Crippen molar-refractivity contribution < 1.29 is 14.3 Å². The number of nitrogens with one attached hydrogen (secondary N) is 1. The first-order valence-electron chi connectivity index (χ1n) is 13.2. The Morgan fingerprint density at radius 1 is 0.892 bits per heavy atom. The number of ether oxygens (including phenoxy) is 2. The van der Waals surface area contributed by atoms with Crippen molar-refractivity contribution in [2.45, 2.75) is 52.0 Å². The molecule has 3 aromatic carbocycles. The minimum absolute atomic E-state index is 0.00262. The molecule has 0 aliphatic carbocycles. The van der Waals surface area contributed by atoms with Crippen LogP contribution in [0.1, 0.15) is 53.8 Å². The van der Waals surface area contributed by atoms with E-state index < -0.39 is 0 Å². The number of imidazole rings is 1. The maximum atomic E-state index is 12.3. The van der Waals surface area contributed by atoms with Crippen LogP contribution in [0.3, 0.4) is 0 Å². The summed E-state index contributed by atoms with van der Waals surface area (Å²) in [6, 6.07) is 23.8. The largest absolute Gasteiger partial charge is 0.497 e. The maximum absolute atomic E-state index is 12.3. The number of amides is 1. The van der Waals surface area contributed by atoms with Gasteiger partial charge in [0.25, 0.3) is 5.91 Å². The van der Waals surface area contributed by atoms with E-state index in [1.54, 1.807) is 7.11 Å². The molecular formula is C31H37N3O3. The summed E-state index contributed by atoms with van der Waals surface area (Å²) in [5.41, 5.74) is 4.12. The van der Waals surface area contributed by atoms with Crippen LogP contribution in [0.25, 0.3) is 11.0 Å². The molecule has 0 saturated heterocycles. The van der Waals surface area contributed by atoms with Gasteiger partial charge in [-0.25, -0.2) is 4.98 Å². The molecule has 194 valence electrons. The van der Waals surface area contributed by atoms with Crippen molar-refractivity contribution in [2.24, 2.45) is 0 Å². The third-order valence-electron chi connectivity index (χ3n) is 6.50. The second-order valence-electron chi connectivity index (χ2n) is 9.34. The lowest BCUT2D eigenvalue weighted by Gasteiger charge is -2.11. The average molecular weight is 500 g/mol. The van der Waals surface area contributed by atoms with Crippen molar-refractivity contribution in [2.75, 3.05) is 20.3 Å². The summed E-state index contributed by atoms with van der Waals surface area (Å²) >= 11 is 0. The molecule has 0 fully saturated rings. The molecule has 6 heteroatoms. The lowest BCUT2D eigenvalue weighted by molar-refractivity contribution is 0.0953. The lowest BCUT2D eigenvalue weighted by atomic mass is 10.1. The van der Waals surface area contributed by atoms with Gasteiger partial charge >= 0.3 is 0 Å². The standard InChI is InChI=1S/C31H37N3O3/c1-24-16-18-25(19-17-24)31(35)32-20-7-3-4-15-30-33-28-13-5-6-14-29(28)34(30)21-8-9-22-37-27-12-10-11-26(23-27)36-2/h5-6,10-14,16-19,23H,3-4,7-9,15,20-22H2,1-2H3,(H,32,35). The number of fused-ring (bicyclic) bond motifs is 1. The topological polar surface area (TPSA) is 65.4 Å². The molecule has 1 aromatic heterocycles. The molecule has 0 unspecified atom stereocenters. The minimum Gasteiger partial charge on any atom is -0.497 e. The molecule has 1 N–H and O–H groups in total. The number of para-hydroxylation sites is 2. The maximum Gasteiger partial charge on any atom is 0.251 e. The third kappa shape index (κ3) is 7.59. The van der Waals surface area contributed by atoms with Crippen molar-refractivity contribution in [1.82, 2.24) is 14.9 Å². The molecule has 0 aliphatic rings. The van der Waals surface area contributed by atoms with E-state index in [1.165, 1.54) is 5.52 Å². The third-order valence-corrected chi connectivity index (χ3v) is 6.50. The first kappa shape index (κ1) is 26.3. The number of nitrogens with zero attached hydrogens (tertiary/aromatic N) is 2. The Hall–Kier alpha value is -3.80. The summed E-state index contributed by atoms with van der Waals surface area (Å²) in [4.78, 5) is 17.2. The van der Waals surface area contributed by atoms with Crippen LogP contribution in [0, 0.1) is 6.92 Å². The van der Waals surface area contributed by atoms with Gasteiger partial charge in [0.15, 0.2) is 0 Å². The Morgan fingerprint density at radius 2 is 1.70 bits per heavy atom. The van der Waals surface area contributed by atoms with E-state index in [0.29, 0.717) is 18.7 Å². The van der Waals surface area contributed by atoms with E-state index >= 15 is 0 Å². The summed E-state index contributed by atoms with van der Waals surface area (Å²) in [7, 11) is 1.66. The zero-order valence-electron chi connectivity index (χ0n) is 21.9. The van der Waals surface area contributed by atoms with Crippen molar-refractivity contribution in [1.29, 1.82) is 0 Å². The van der Waals surface area contributed by atoms with Crippen molar-refractivity contribution in [3.8, 4) is 11.5 Å². The second kappa shape index (κ2) is 13.5. The van der Waals surface area contributed by atoms with Gasteiger partial charge in [-0.2, -0.15) is 0 Å². The zero-order chi connectivity index (χ0) is 25.9. The average Bonchev–Trinajstić information content (AvgIpc) is 3.28. The number of carbonyl (C=O) groups excluding carboxylic acids is 1. The van der Waals surface area contributed by atoms with E-state index in [-0.39, 0.29) is 5.91 Å². The fourth-order valence-electron chi connectivity index (χ4n) is 4.41. The number of aromatic nitrogens is 2. The Labute approximate surface area is 219 Å². The van der Waals surface area contributed by atoms with Crippen LogP contribution in [0.5, 0.6) is 11.5 Å². The molecule has 0 bridgehead atoms. The Morgan fingerprint density at radius 3 is 2.54 bits per heavy atom. The molecule has 4 aromatic rings. The van der Waals surface area contributed by atoms with Gasteiger partial charge in [0, 0.05) is 31.1 Å². The first-order chi connectivity index (χ1) is 18.1. The summed E-state index contributed by atoms with van der Waals surface area (Å²) in [6.07, 6.45) is 5.96. The molecule has 6 nitrogen and oxygen atoms in total. The summed E-state index contributed by atoms with van der Waals surface area (Å²) in [5, 5.41) is 3.03. The number of aryl methyl sites for hydroxylation is 3. The van der Waals surface area contributed by atoms with Crippen LogP contribution >= 0.6 is 0 Å². The van der Waals surface area contributed by atoms with E-state index in [2.05, 4.69) is 28.1 Å². The quantitative estimate of drug-likeness (QED) is 0.205. The highest BCUT2D eigenvalue weighted by atomic mass is 16.5. The normalized spacial score (nSPS) is 11.0. The van der Waals surface area contributed by atoms with Crippen LogP contribution in [0.2, 0.25) is 0 Å². The first-order valence-corrected chi connectivity index (χ1v) is 13.2. The number of hydrogen-bond donors (Lipinski definition) is 1. The van der Waals surface area contributed by atoms with Gasteiger partial charge in [-0.05, 0) is 69.0 Å². The van der Waals surface area contributed by atoms with Gasteiger partial charge in [0.1, 0.15) is 17.3 Å². The van der Waals surface area contributed by atoms with E-state index in [1.807, 2.05) is 61.5 Å². The number of carbonyl (C=O) groups is 1. The molecule has 0 radical (unpaired) electrons. The van der Waals surface area contributed by atoms with Gasteiger partial charge in [0.2, 0.25) is 0 Å². The van der Waals surface area contributed by atoms with Crippen molar-refractivity contribution >= 4 is 16.9 Å². The molecule has 4 rings (SSSR count). The smallest absolute Gasteiger partial charge is 0.251 e. The fourth-order valence-corrected chi connectivity index (χ4v) is 4.41. The Kier molecular flexibility index (Phi) is 9.58. The Balaban J connectivity index is 1.21. The van der Waals surface area contributed by atoms with Gasteiger partial charge in [0.05, 0.1) is 24.8 Å². The van der Waals surface area contributed by atoms with Crippen LogP contribution in [0.15, 0.2) is 72.8 Å². The molecular weight excluding hydrogens is 462 g/mol. The highest BCUT2D eigenvalue weighted by molar-refractivity contribution is 5.94. The summed E-state index contributed by atoms with van der Waals surface area (Å²) < 4.78 is 13.5. The SMILES string of the molecule is COc1cccc(OCCCCn2c(CCCCCNC(=O)c3ccc(C)cc3)nc3ccccc32)c1. The molecule has 0 saturated carbocycles. The number of methoxy groups -OCH3 is 1. The van der Waals surface area contributed by atoms with Crippen LogP contribution in [-0.4, -0.2) is 35.7 Å². The zero-order valence-corrected chi connectivity index (χ0v) is 21.9. The molecule has 1 heterocycles. The highest BCUT2D eigenvalue weighted by Crippen LogP contribution is 2.21. The van der Waals surface area contributed by atoms with Gasteiger partial charge in [-0.15, -0.1) is 0 Å². The molecule has 1 amide bonds. The van der Waals surface area contributed by atoms with Crippen LogP contribution in [0.4, 0.5) is 0 Å². The number of hydrogen-bond acceptors (Lipinski definition) is 4. The number of unbranched alkanes of at least 4 members (excludes halogenated alkanes) is 3. The van der Waals surface area contributed by atoms with E-state index in [0.717, 1.165) is 73.5 Å². The van der Waals surface area contributed by atoms with Crippen molar-refractivity contribution in [3.63, 3.8) is 0 Å². The second-order valence-corrected chi connectivity index (χ2v) is 9.34. The number of benzene rings is 3. The molecule has 0 aliphatic heterocycles. The summed E-state index contributed by atoms with van der Waals surface area (Å²) in [6.45, 7) is 4.30. The summed E-state index contributed by atoms with van der Waals surface area (Å²) in [5.74, 6) is 2.78. The Bertz CT molecular complexity index is 1280. The molecule has 0 atom stereocenters. The molecule has 0 spiro atoms. The monoisotopic (exact) mass is 499 g/mol. The van der Waals surface area contributed by atoms with E-state index in [4.69, 9.17) is 14.5 Å². The van der Waals surface area contributed by atoms with Crippen LogP contribution in [-0.2, 0) is 13.0 Å². The highest BCUT2D eigenvalue weighted by Gasteiger charge is 2.10. The molecule has 37 heavy (non-hydrogen) atoms. The minimum atomic E-state index is -0.00262. The van der Waals surface area contributed by atoms with Gasteiger partial charge in [-0.3, -0.25) is 4.79 Å². The predicted molar refractivity (Wildman–Crippen MR) is 149 cm³/mol. The van der Waals surface area contributed by atoms with Crippen molar-refractivity contribution in [3.05, 3.63) is 89.7 Å². The fraction of sp³-hybridized carbons (Fsp3) is 0.355. The lowest BCUT2D eigenvalue weighted by Crippen LogP contribution is -2.24. The van der Waals surface area contributed by atoms with E-state index in [9.17, 15) is 4.79 Å². The number of rotatable bonds is 14. The van der Waals surface area contributed by atoms with Gasteiger partial charge in [-0.1, -0.05) is 42.3 Å². The van der Waals surface area contributed by atoms with Crippen LogP contribution < -0.4 is 14.8 Å².